The van der Waals surface area contributed by atoms with E-state index in [-0.39, 0.29) is 29.7 Å². The van der Waals surface area contributed by atoms with Crippen LogP contribution >= 0.6 is 0 Å². The van der Waals surface area contributed by atoms with Crippen molar-refractivity contribution >= 4 is 11.9 Å². The number of ether oxygens (including phenoxy) is 2. The van der Waals surface area contributed by atoms with Crippen molar-refractivity contribution in [3.63, 3.8) is 0 Å². The van der Waals surface area contributed by atoms with Gasteiger partial charge in [-0.1, -0.05) is 103 Å². The van der Waals surface area contributed by atoms with Crippen molar-refractivity contribution in [1.29, 1.82) is 0 Å². The van der Waals surface area contributed by atoms with E-state index in [2.05, 4.69) is 9.47 Å². The monoisotopic (exact) mass is 416 g/mol. The zero-order chi connectivity index (χ0) is 19.8. The molecule has 0 aliphatic rings. The van der Waals surface area contributed by atoms with E-state index in [4.69, 9.17) is 19.8 Å². The van der Waals surface area contributed by atoms with Crippen molar-refractivity contribution in [1.82, 2.24) is 0 Å². The number of carbonyl (C=O) groups is 2. The number of rotatable bonds is 2. The molecule has 29 heavy (non-hydrogen) atoms. The average Bonchev–Trinajstić information content (AvgIpc) is 2.59. The Hall–Kier alpha value is -2.70. The van der Waals surface area contributed by atoms with Crippen molar-refractivity contribution < 1.29 is 29.3 Å². The van der Waals surface area contributed by atoms with Gasteiger partial charge in [-0.15, -0.1) is 0 Å². The summed E-state index contributed by atoms with van der Waals surface area (Å²) in [6.45, 7) is 2.56. The van der Waals surface area contributed by atoms with Crippen LogP contribution in [-0.4, -0.2) is 43.2 Å². The lowest BCUT2D eigenvalue weighted by molar-refractivity contribution is -0.135. The standard InChI is InChI=1S/2C6H6.C3H8O2.2C2H4O2.4CH4/c2*1-2-4-6-5-3-1;1-4-3-5-2;2*1-2(3)4;;;;/h2*1-6H;3H2,1-2H3;2*1H3,(H,3,4);4*1H4. The zero-order valence-electron chi connectivity index (χ0n) is 15.2. The van der Waals surface area contributed by atoms with Gasteiger partial charge in [-0.05, 0) is 0 Å². The largest absolute Gasteiger partial charge is 0.481 e. The minimum Gasteiger partial charge on any atom is -0.481 e. The molecule has 0 heterocycles. The molecule has 0 bridgehead atoms. The first-order valence-electron chi connectivity index (χ1n) is 7.25. The van der Waals surface area contributed by atoms with E-state index in [1.807, 2.05) is 72.8 Å². The van der Waals surface area contributed by atoms with Gasteiger partial charge in [-0.2, -0.15) is 0 Å². The van der Waals surface area contributed by atoms with Crippen molar-refractivity contribution in [2.24, 2.45) is 0 Å². The van der Waals surface area contributed by atoms with Gasteiger partial charge in [0.15, 0.2) is 0 Å². The van der Waals surface area contributed by atoms with Crippen molar-refractivity contribution in [2.75, 3.05) is 21.0 Å². The van der Waals surface area contributed by atoms with Crippen molar-refractivity contribution in [3.05, 3.63) is 72.8 Å². The minimum absolute atomic E-state index is 0. The van der Waals surface area contributed by atoms with E-state index < -0.39 is 11.9 Å². The van der Waals surface area contributed by atoms with Crippen LogP contribution in [0.1, 0.15) is 43.6 Å². The number of hydrogen-bond donors (Lipinski definition) is 2. The molecular weight excluding hydrogens is 372 g/mol. The molecule has 2 aromatic carbocycles. The maximum absolute atomic E-state index is 9.00. The van der Waals surface area contributed by atoms with E-state index in [1.54, 1.807) is 14.2 Å². The summed E-state index contributed by atoms with van der Waals surface area (Å²) >= 11 is 0. The summed E-state index contributed by atoms with van der Waals surface area (Å²) in [6.07, 6.45) is 0. The second-order valence-electron chi connectivity index (χ2n) is 4.04. The Kier molecular flexibility index (Phi) is 69.5. The second-order valence-corrected chi connectivity index (χ2v) is 4.04. The summed E-state index contributed by atoms with van der Waals surface area (Å²) in [7, 11) is 3.17. The molecule has 6 nitrogen and oxygen atoms in total. The predicted molar refractivity (Wildman–Crippen MR) is 125 cm³/mol. The lowest BCUT2D eigenvalue weighted by Gasteiger charge is -1.87. The molecule has 0 radical (unpaired) electrons. The molecule has 0 aliphatic heterocycles. The molecule has 0 unspecified atom stereocenters. The Morgan fingerprint density at radius 3 is 0.690 bits per heavy atom. The number of carboxylic acids is 2. The first-order chi connectivity index (χ1) is 11.9. The van der Waals surface area contributed by atoms with Crippen LogP contribution in [0.2, 0.25) is 0 Å². The third-order valence-corrected chi connectivity index (χ3v) is 1.57. The van der Waals surface area contributed by atoms with Gasteiger partial charge < -0.3 is 19.7 Å². The highest BCUT2D eigenvalue weighted by Crippen LogP contribution is 1.80. The molecule has 6 heteroatoms. The van der Waals surface area contributed by atoms with Gasteiger partial charge in [-0.25, -0.2) is 0 Å². The second kappa shape index (κ2) is 44.6. The van der Waals surface area contributed by atoms with Crippen molar-refractivity contribution in [2.45, 2.75) is 43.6 Å². The molecule has 172 valence electrons. The smallest absolute Gasteiger partial charge is 0.300 e. The molecule has 0 amide bonds. The van der Waals surface area contributed by atoms with Crippen LogP contribution < -0.4 is 0 Å². The SMILES string of the molecule is C.C.C.C.CC(=O)O.CC(=O)O.COCOC.c1ccccc1.c1ccccc1. The average molecular weight is 417 g/mol. The fourth-order valence-electron chi connectivity index (χ4n) is 0.888. The summed E-state index contributed by atoms with van der Waals surface area (Å²) in [6, 6.07) is 24.0. The van der Waals surface area contributed by atoms with Gasteiger partial charge in [0.2, 0.25) is 0 Å². The predicted octanol–water partition coefficient (Wildman–Crippen LogP) is 6.34. The summed E-state index contributed by atoms with van der Waals surface area (Å²) in [5, 5.41) is 14.8. The van der Waals surface area contributed by atoms with Crippen LogP contribution in [0.15, 0.2) is 72.8 Å². The molecule has 0 fully saturated rings. The molecule has 0 aliphatic carbocycles. The van der Waals surface area contributed by atoms with Crippen LogP contribution in [0.3, 0.4) is 0 Å². The number of aliphatic carboxylic acids is 2. The third-order valence-electron chi connectivity index (χ3n) is 1.57. The first-order valence-corrected chi connectivity index (χ1v) is 7.25. The summed E-state index contributed by atoms with van der Waals surface area (Å²) in [5.74, 6) is -1.67. The van der Waals surface area contributed by atoms with Gasteiger partial charge in [0.1, 0.15) is 6.79 Å². The van der Waals surface area contributed by atoms with Crippen molar-refractivity contribution in [3.8, 4) is 0 Å². The van der Waals surface area contributed by atoms with Crippen LogP contribution in [0, 0.1) is 0 Å². The molecule has 2 aromatic rings. The maximum atomic E-state index is 9.00. The number of carboxylic acid groups (broad SMARTS) is 2. The Morgan fingerprint density at radius 1 is 0.552 bits per heavy atom. The fourth-order valence-corrected chi connectivity index (χ4v) is 0.888. The number of methoxy groups -OCH3 is 2. The highest BCUT2D eigenvalue weighted by molar-refractivity contribution is 5.63. The molecule has 2 N–H and O–H groups in total. The first kappa shape index (κ1) is 45.2. The normalized spacial score (nSPS) is 6.48. The van der Waals surface area contributed by atoms with Crippen LogP contribution in [-0.2, 0) is 19.1 Å². The Labute approximate surface area is 179 Å². The molecule has 0 saturated carbocycles. The van der Waals surface area contributed by atoms with Gasteiger partial charge >= 0.3 is 0 Å². The highest BCUT2D eigenvalue weighted by Gasteiger charge is 1.66. The zero-order valence-corrected chi connectivity index (χ0v) is 15.2. The van der Waals surface area contributed by atoms with E-state index in [0.29, 0.717) is 6.79 Å². The fraction of sp³-hybridized carbons (Fsp3) is 0.391. The summed E-state index contributed by atoms with van der Waals surface area (Å²) in [5.41, 5.74) is 0. The molecule has 0 atom stereocenters. The molecule has 0 spiro atoms. The van der Waals surface area contributed by atoms with Crippen LogP contribution in [0.5, 0.6) is 0 Å². The maximum Gasteiger partial charge on any atom is 0.300 e. The number of benzene rings is 2. The van der Waals surface area contributed by atoms with Gasteiger partial charge in [0, 0.05) is 28.1 Å². The van der Waals surface area contributed by atoms with Gasteiger partial charge in [0.05, 0.1) is 0 Å². The molecular formula is C23H44O6. The van der Waals surface area contributed by atoms with Crippen LogP contribution in [0.4, 0.5) is 0 Å². The molecule has 2 rings (SSSR count). The van der Waals surface area contributed by atoms with E-state index in [1.165, 1.54) is 0 Å². The van der Waals surface area contributed by atoms with E-state index in [9.17, 15) is 0 Å². The summed E-state index contributed by atoms with van der Waals surface area (Å²) in [4.78, 5) is 18.0. The molecule has 0 saturated heterocycles. The summed E-state index contributed by atoms with van der Waals surface area (Å²) < 4.78 is 8.94. The minimum atomic E-state index is -0.833. The Bertz CT molecular complexity index is 368. The van der Waals surface area contributed by atoms with Gasteiger partial charge in [0.25, 0.3) is 11.9 Å². The van der Waals surface area contributed by atoms with Gasteiger partial charge in [-0.3, -0.25) is 9.59 Å². The quantitative estimate of drug-likeness (QED) is 0.555. The highest BCUT2D eigenvalue weighted by atomic mass is 16.6. The molecule has 0 aromatic heterocycles. The topological polar surface area (TPSA) is 93.1 Å². The Morgan fingerprint density at radius 2 is 0.655 bits per heavy atom. The third kappa shape index (κ3) is 108. The lowest BCUT2D eigenvalue weighted by atomic mass is 10.4. The van der Waals surface area contributed by atoms with E-state index in [0.717, 1.165) is 13.8 Å². The Balaban J connectivity index is -0.0000000408. The van der Waals surface area contributed by atoms with E-state index >= 15 is 0 Å². The lowest BCUT2D eigenvalue weighted by Crippen LogP contribution is -1.87. The van der Waals surface area contributed by atoms with Crippen LogP contribution in [0.25, 0.3) is 0 Å². The number of hydrogen-bond acceptors (Lipinski definition) is 4.